The first-order chi connectivity index (χ1) is 14.9. The number of carbonyl (C=O) groups is 2. The minimum atomic E-state index is -0.755. The molecule has 0 aliphatic rings. The first-order valence-corrected chi connectivity index (χ1v) is 9.89. The number of aromatic nitrogens is 1. The second kappa shape index (κ2) is 9.97. The fourth-order valence-corrected chi connectivity index (χ4v) is 3.09. The normalized spacial score (nSPS) is 10.7. The molecule has 1 N–H and O–H groups in total. The number of rotatable bonds is 8. The van der Waals surface area contributed by atoms with Gasteiger partial charge in [0.05, 0.1) is 18.3 Å². The van der Waals surface area contributed by atoms with E-state index in [1.165, 1.54) is 17.2 Å². The van der Waals surface area contributed by atoms with E-state index in [1.54, 1.807) is 7.05 Å². The van der Waals surface area contributed by atoms with E-state index in [4.69, 9.17) is 4.42 Å². The van der Waals surface area contributed by atoms with Gasteiger partial charge in [-0.3, -0.25) is 9.59 Å². The van der Waals surface area contributed by atoms with Crippen LogP contribution in [0, 0.1) is 11.6 Å². The van der Waals surface area contributed by atoms with Crippen molar-refractivity contribution in [3.63, 3.8) is 0 Å². The van der Waals surface area contributed by atoms with E-state index in [2.05, 4.69) is 10.3 Å². The average Bonchev–Trinajstić information content (AvgIpc) is 3.21. The van der Waals surface area contributed by atoms with Crippen LogP contribution in [-0.4, -0.2) is 35.3 Å². The first kappa shape index (κ1) is 22.1. The zero-order chi connectivity index (χ0) is 22.4. The van der Waals surface area contributed by atoms with Crippen LogP contribution >= 0.6 is 0 Å². The van der Waals surface area contributed by atoms with E-state index in [1.807, 2.05) is 31.2 Å². The van der Waals surface area contributed by atoms with Crippen LogP contribution in [0.3, 0.4) is 0 Å². The van der Waals surface area contributed by atoms with Crippen molar-refractivity contribution >= 4 is 17.5 Å². The van der Waals surface area contributed by atoms with Crippen LogP contribution in [0.25, 0.3) is 11.3 Å². The molecule has 8 heteroatoms. The zero-order valence-corrected chi connectivity index (χ0v) is 17.3. The summed E-state index contributed by atoms with van der Waals surface area (Å²) in [5, 5.41) is 2.83. The molecule has 0 spiro atoms. The van der Waals surface area contributed by atoms with Gasteiger partial charge in [0.15, 0.2) is 11.7 Å². The second-order valence-electron chi connectivity index (χ2n) is 7.05. The van der Waals surface area contributed by atoms with Crippen molar-refractivity contribution in [2.75, 3.05) is 18.9 Å². The third-order valence-electron chi connectivity index (χ3n) is 4.78. The molecule has 0 bridgehead atoms. The third kappa shape index (κ3) is 5.75. The summed E-state index contributed by atoms with van der Waals surface area (Å²) in [5.41, 5.74) is 1.84. The molecule has 31 heavy (non-hydrogen) atoms. The van der Waals surface area contributed by atoms with Gasteiger partial charge < -0.3 is 14.6 Å². The van der Waals surface area contributed by atoms with Crippen molar-refractivity contribution in [3.05, 3.63) is 71.8 Å². The largest absolute Gasteiger partial charge is 0.441 e. The summed E-state index contributed by atoms with van der Waals surface area (Å²) in [5.74, 6) is -1.58. The number of hydrogen-bond acceptors (Lipinski definition) is 4. The van der Waals surface area contributed by atoms with Crippen molar-refractivity contribution in [1.82, 2.24) is 9.88 Å². The highest BCUT2D eigenvalue weighted by atomic mass is 19.1. The number of oxazole rings is 1. The predicted octanol–water partition coefficient (Wildman–Crippen LogP) is 4.21. The summed E-state index contributed by atoms with van der Waals surface area (Å²) in [6.45, 7) is 1.91. The van der Waals surface area contributed by atoms with Gasteiger partial charge in [-0.2, -0.15) is 0 Å². The van der Waals surface area contributed by atoms with Gasteiger partial charge in [0.2, 0.25) is 11.8 Å². The van der Waals surface area contributed by atoms with E-state index in [-0.39, 0.29) is 48.4 Å². The lowest BCUT2D eigenvalue weighted by Crippen LogP contribution is -2.35. The summed E-state index contributed by atoms with van der Waals surface area (Å²) in [6.07, 6.45) is 2.37. The standard InChI is InChI=1S/C23H23F2N3O3/c1-3-15-6-4-5-7-19(15)27-21(29)14-28(2)23(30)11-10-22-26-13-20(31-22)17-9-8-16(24)12-18(17)25/h4-9,12-13H,3,10-11,14H2,1-2H3,(H,27,29). The van der Waals surface area contributed by atoms with Crippen molar-refractivity contribution in [1.29, 1.82) is 0 Å². The summed E-state index contributed by atoms with van der Waals surface area (Å²) >= 11 is 0. The highest BCUT2D eigenvalue weighted by Gasteiger charge is 2.16. The minimum Gasteiger partial charge on any atom is -0.441 e. The van der Waals surface area contributed by atoms with Crippen LogP contribution in [0.15, 0.2) is 53.1 Å². The van der Waals surface area contributed by atoms with E-state index in [0.29, 0.717) is 0 Å². The number of hydrogen-bond donors (Lipinski definition) is 1. The fraction of sp³-hybridized carbons (Fsp3) is 0.261. The number of aryl methyl sites for hydroxylation is 2. The molecule has 0 aliphatic heterocycles. The van der Waals surface area contributed by atoms with Crippen molar-refractivity contribution in [3.8, 4) is 11.3 Å². The van der Waals surface area contributed by atoms with Crippen molar-refractivity contribution in [2.45, 2.75) is 26.2 Å². The lowest BCUT2D eigenvalue weighted by Gasteiger charge is -2.17. The SMILES string of the molecule is CCc1ccccc1NC(=O)CN(C)C(=O)CCc1ncc(-c2ccc(F)cc2F)o1. The molecule has 0 fully saturated rings. The van der Waals surface area contributed by atoms with Gasteiger partial charge in [-0.1, -0.05) is 25.1 Å². The number of likely N-dealkylation sites (N-methyl/N-ethyl adjacent to an activating group) is 1. The Kier molecular flexibility index (Phi) is 7.12. The highest BCUT2D eigenvalue weighted by molar-refractivity contribution is 5.95. The Labute approximate surface area is 178 Å². The third-order valence-corrected chi connectivity index (χ3v) is 4.78. The highest BCUT2D eigenvalue weighted by Crippen LogP contribution is 2.24. The number of nitrogens with zero attached hydrogens (tertiary/aromatic N) is 2. The van der Waals surface area contributed by atoms with E-state index in [0.717, 1.165) is 29.8 Å². The summed E-state index contributed by atoms with van der Waals surface area (Å²) in [4.78, 5) is 30.0. The number of benzene rings is 2. The molecule has 0 radical (unpaired) electrons. The van der Waals surface area contributed by atoms with Crippen LogP contribution in [0.2, 0.25) is 0 Å². The molecule has 3 aromatic rings. The van der Waals surface area contributed by atoms with Gasteiger partial charge in [0.1, 0.15) is 11.6 Å². The molecule has 0 saturated carbocycles. The maximum Gasteiger partial charge on any atom is 0.243 e. The number of carbonyl (C=O) groups excluding carboxylic acids is 2. The van der Waals surface area contributed by atoms with Crippen molar-refractivity contribution in [2.24, 2.45) is 0 Å². The van der Waals surface area contributed by atoms with Crippen LogP contribution in [0.5, 0.6) is 0 Å². The Morgan fingerprint density at radius 3 is 2.68 bits per heavy atom. The summed E-state index contributed by atoms with van der Waals surface area (Å²) < 4.78 is 32.4. The molecule has 162 valence electrons. The van der Waals surface area contributed by atoms with Crippen LogP contribution in [0.4, 0.5) is 14.5 Å². The number of halogens is 2. The molecule has 2 aromatic carbocycles. The first-order valence-electron chi connectivity index (χ1n) is 9.89. The van der Waals surface area contributed by atoms with Crippen LogP contribution in [-0.2, 0) is 22.4 Å². The van der Waals surface area contributed by atoms with Gasteiger partial charge in [-0.25, -0.2) is 13.8 Å². The van der Waals surface area contributed by atoms with E-state index >= 15 is 0 Å². The Morgan fingerprint density at radius 1 is 1.16 bits per heavy atom. The Morgan fingerprint density at radius 2 is 1.94 bits per heavy atom. The van der Waals surface area contributed by atoms with Gasteiger partial charge in [-0.05, 0) is 30.2 Å². The molecule has 6 nitrogen and oxygen atoms in total. The topological polar surface area (TPSA) is 75.4 Å². The monoisotopic (exact) mass is 427 g/mol. The quantitative estimate of drug-likeness (QED) is 0.584. The number of anilines is 1. The number of para-hydroxylation sites is 1. The van der Waals surface area contributed by atoms with Crippen molar-refractivity contribution < 1.29 is 22.8 Å². The molecule has 1 heterocycles. The zero-order valence-electron chi connectivity index (χ0n) is 17.3. The van der Waals surface area contributed by atoms with Gasteiger partial charge in [-0.15, -0.1) is 0 Å². The van der Waals surface area contributed by atoms with Gasteiger partial charge in [0.25, 0.3) is 0 Å². The maximum atomic E-state index is 13.9. The molecular weight excluding hydrogens is 404 g/mol. The number of amides is 2. The summed E-state index contributed by atoms with van der Waals surface area (Å²) in [6, 6.07) is 10.7. The lowest BCUT2D eigenvalue weighted by atomic mass is 10.1. The lowest BCUT2D eigenvalue weighted by molar-refractivity contribution is -0.133. The maximum absolute atomic E-state index is 13.9. The molecule has 0 atom stereocenters. The molecule has 0 unspecified atom stereocenters. The Balaban J connectivity index is 1.52. The summed E-state index contributed by atoms with van der Waals surface area (Å²) in [7, 11) is 1.54. The molecule has 2 amide bonds. The molecular formula is C23H23F2N3O3. The molecule has 1 aromatic heterocycles. The smallest absolute Gasteiger partial charge is 0.243 e. The average molecular weight is 427 g/mol. The van der Waals surface area contributed by atoms with E-state index < -0.39 is 11.6 Å². The van der Waals surface area contributed by atoms with Crippen LogP contribution in [0.1, 0.15) is 24.8 Å². The number of nitrogens with one attached hydrogen (secondary N) is 1. The minimum absolute atomic E-state index is 0.0706. The fourth-order valence-electron chi connectivity index (χ4n) is 3.09. The predicted molar refractivity (Wildman–Crippen MR) is 112 cm³/mol. The van der Waals surface area contributed by atoms with E-state index in [9.17, 15) is 18.4 Å². The molecule has 0 aliphatic carbocycles. The molecule has 0 saturated heterocycles. The Hall–Kier alpha value is -3.55. The van der Waals surface area contributed by atoms with Crippen LogP contribution < -0.4 is 5.32 Å². The second-order valence-corrected chi connectivity index (χ2v) is 7.05. The van der Waals surface area contributed by atoms with Gasteiger partial charge in [0, 0.05) is 31.6 Å². The van der Waals surface area contributed by atoms with Gasteiger partial charge >= 0.3 is 0 Å². The molecule has 3 rings (SSSR count). The Bertz CT molecular complexity index is 1080.